The Hall–Kier alpha value is -14.9. The number of nitrogens with zero attached hydrogens (tertiary/aromatic N) is 6. The molecule has 0 aliphatic heterocycles. The van der Waals surface area contributed by atoms with Crippen molar-refractivity contribution in [2.24, 2.45) is 0 Å². The zero-order chi connectivity index (χ0) is 82.0. The minimum Gasteiger partial charge on any atom is -0.309 e. The van der Waals surface area contributed by atoms with Crippen LogP contribution in [0.3, 0.4) is 0 Å². The van der Waals surface area contributed by atoms with Gasteiger partial charge in [-0.25, -0.2) is 9.97 Å². The van der Waals surface area contributed by atoms with E-state index < -0.39 is 0 Å². The predicted octanol–water partition coefficient (Wildman–Crippen LogP) is 31.0. The summed E-state index contributed by atoms with van der Waals surface area (Å²) in [5.74, 6) is 0. The second-order valence-electron chi connectivity index (χ2n) is 30.6. The van der Waals surface area contributed by atoms with E-state index in [0.717, 1.165) is 112 Å². The number of rotatable bonds is 13. The summed E-state index contributed by atoms with van der Waals surface area (Å²) < 4.78 is 0. The van der Waals surface area contributed by atoms with E-state index in [4.69, 9.17) is 9.97 Å². The molecule has 4 aromatic heterocycles. The molecule has 7 heteroatoms. The van der Waals surface area contributed by atoms with Crippen molar-refractivity contribution in [2.75, 3.05) is 9.80 Å². The molecule has 0 atom stereocenters. The second-order valence-corrected chi connectivity index (χ2v) is 30.6. The fourth-order valence-corrected chi connectivity index (χ4v) is 16.1. The van der Waals surface area contributed by atoms with Gasteiger partial charge in [-0.1, -0.05) is 313 Å². The first-order chi connectivity index (χ1) is 59.6. The summed E-state index contributed by atoms with van der Waals surface area (Å²) >= 11 is 0. The van der Waals surface area contributed by atoms with Crippen LogP contribution in [0, 0.1) is 46.8 Å². The number of hydrogen-bond acceptors (Lipinski definition) is 6. The maximum Gasteiger partial charge on any atom is 0.0978 e. The molecule has 0 amide bonds. The van der Waals surface area contributed by atoms with Crippen molar-refractivity contribution in [3.05, 3.63) is 471 Å². The monoisotopic (exact) mass is 1740 g/mol. The normalized spacial score (nSPS) is 10.9. The number of benzene rings is 17. The third-order valence-corrected chi connectivity index (χ3v) is 22.3. The topological polar surface area (TPSA) is 58.0 Å². The molecule has 0 aliphatic carbocycles. The summed E-state index contributed by atoms with van der Waals surface area (Å²) in [6.07, 6.45) is 3.73. The molecule has 17 aromatic carbocycles. The van der Waals surface area contributed by atoms with E-state index >= 15 is 0 Å². The van der Waals surface area contributed by atoms with Gasteiger partial charge in [0, 0.05) is 104 Å². The molecule has 1 radical (unpaired) electrons. The summed E-state index contributed by atoms with van der Waals surface area (Å²) in [4.78, 5) is 24.5. The number of aromatic nitrogens is 4. The van der Waals surface area contributed by atoms with Crippen molar-refractivity contribution in [3.63, 3.8) is 0 Å². The Balaban J connectivity index is 0.000000128. The van der Waals surface area contributed by atoms with Gasteiger partial charge in [-0.3, -0.25) is 0 Å². The first-order valence-corrected chi connectivity index (χ1v) is 41.1. The average molecular weight is 1740 g/mol. The van der Waals surface area contributed by atoms with Crippen molar-refractivity contribution < 1.29 is 20.1 Å². The van der Waals surface area contributed by atoms with Crippen LogP contribution in [-0.2, 0) is 20.1 Å². The first kappa shape index (κ1) is 79.6. The summed E-state index contributed by atoms with van der Waals surface area (Å²) in [7, 11) is 0. The standard InChI is InChI=1S/C44H28N2.C42H36N2.C18H14N.C11H8N.Ir/c1-3-13-31(14-4-1)39-27-41(35-21-19-29-11-7-9-17-33(29)25-35)45-43-37(39)23-24-38-40(32-15-5-2-6-16-32)28-42(46-44(38)43)36-22-20-30-12-8-10-18-34(30)26-36;1-29-13-21-33(22-14-29)43(34-23-15-30(2)16-24-34)41-37-9-5-7-11-39(37)42(40-12-8-6-10-38(40)41)44(35-25-17-31(3)18-26-35)36-27-19-32(4)20-28-36;1-14-12-18(16-10-6-3-7-11-16)19-13-17(14)15-8-4-2-5-9-15;1-2-6-10(7-3-1)11-8-4-5-9-12-11;/h1-28H;5-28H,1-4H3;2-10,12-13H,1H3;1-6,8-9H;/q;;2*-1;. The van der Waals surface area contributed by atoms with E-state index in [0.29, 0.717) is 0 Å². The van der Waals surface area contributed by atoms with E-state index in [2.05, 4.69) is 400 Å². The minimum absolute atomic E-state index is 0. The molecule has 122 heavy (non-hydrogen) atoms. The van der Waals surface area contributed by atoms with Crippen LogP contribution in [0.1, 0.15) is 27.8 Å². The van der Waals surface area contributed by atoms with Crippen LogP contribution in [0.15, 0.2) is 431 Å². The smallest absolute Gasteiger partial charge is 0.0978 e. The zero-order valence-electron chi connectivity index (χ0n) is 68.5. The van der Waals surface area contributed by atoms with Crippen LogP contribution in [0.5, 0.6) is 0 Å². The van der Waals surface area contributed by atoms with Crippen molar-refractivity contribution in [3.8, 4) is 78.4 Å². The van der Waals surface area contributed by atoms with E-state index in [1.54, 1.807) is 6.20 Å². The van der Waals surface area contributed by atoms with Crippen LogP contribution in [0.4, 0.5) is 34.1 Å². The molecule has 0 saturated carbocycles. The van der Waals surface area contributed by atoms with Gasteiger partial charge in [0.25, 0.3) is 0 Å². The van der Waals surface area contributed by atoms with Crippen molar-refractivity contribution >= 4 is 99.0 Å². The Morgan fingerprint density at radius 2 is 0.582 bits per heavy atom. The van der Waals surface area contributed by atoms with E-state index in [-0.39, 0.29) is 20.1 Å². The minimum atomic E-state index is 0. The third kappa shape index (κ3) is 17.2. The summed E-state index contributed by atoms with van der Waals surface area (Å²) in [6, 6.07) is 154. The SMILES string of the molecule is Cc1cc(-c2[c-]cccc2)ncc1-c1ccccc1.Cc1ccc(N(c2ccc(C)cc2)c2c3ccccc3c(N(c3ccc(C)cc3)c3ccc(C)cc3)c3ccccc23)cc1.[Ir].[c-]1ccccc1-c1ccccn1.c1ccc(-c2cc(-c3ccc4ccccc4c3)nc3c2ccc2c(-c4ccccc4)cc(-c4ccc5ccccc5c4)nc23)cc1. The summed E-state index contributed by atoms with van der Waals surface area (Å²) in [5.41, 5.74) is 30.0. The molecule has 6 nitrogen and oxygen atoms in total. The molecule has 0 unspecified atom stereocenters. The van der Waals surface area contributed by atoms with Crippen molar-refractivity contribution in [2.45, 2.75) is 34.6 Å². The molecule has 0 saturated heterocycles. The zero-order valence-corrected chi connectivity index (χ0v) is 70.9. The van der Waals surface area contributed by atoms with Gasteiger partial charge in [0.05, 0.1) is 33.8 Å². The second kappa shape index (κ2) is 36.6. The van der Waals surface area contributed by atoms with Crippen LogP contribution in [0.2, 0.25) is 0 Å². The van der Waals surface area contributed by atoms with Gasteiger partial charge >= 0.3 is 0 Å². The Bertz CT molecular complexity index is 6680. The maximum absolute atomic E-state index is 5.42. The molecule has 0 fully saturated rings. The number of hydrogen-bond donors (Lipinski definition) is 0. The van der Waals surface area contributed by atoms with Crippen molar-refractivity contribution in [1.82, 2.24) is 19.9 Å². The Labute approximate surface area is 727 Å². The van der Waals surface area contributed by atoms with Crippen molar-refractivity contribution in [1.29, 1.82) is 0 Å². The fraction of sp³-hybridized carbons (Fsp3) is 0.0435. The van der Waals surface area contributed by atoms with E-state index in [1.807, 2.05) is 91.1 Å². The van der Waals surface area contributed by atoms with E-state index in [1.165, 1.54) is 93.4 Å². The van der Waals surface area contributed by atoms with Crippen LogP contribution < -0.4 is 9.80 Å². The Kier molecular flexibility index (Phi) is 23.9. The van der Waals surface area contributed by atoms with Gasteiger partial charge in [0.1, 0.15) is 0 Å². The molecule has 4 heterocycles. The summed E-state index contributed by atoms with van der Waals surface area (Å²) in [5, 5.41) is 11.8. The van der Waals surface area contributed by atoms with Gasteiger partial charge in [-0.15, -0.1) is 71.8 Å². The van der Waals surface area contributed by atoms with Gasteiger partial charge in [0.2, 0.25) is 0 Å². The molecule has 21 aromatic rings. The maximum atomic E-state index is 5.42. The van der Waals surface area contributed by atoms with Crippen LogP contribution in [0.25, 0.3) is 143 Å². The first-order valence-electron chi connectivity index (χ1n) is 41.1. The van der Waals surface area contributed by atoms with Gasteiger partial charge < -0.3 is 19.8 Å². The molecular formula is C115H86IrN6-2. The molecule has 587 valence electrons. The molecular weight excluding hydrogens is 1660 g/mol. The molecule has 0 aliphatic rings. The Morgan fingerprint density at radius 3 is 0.943 bits per heavy atom. The largest absolute Gasteiger partial charge is 0.309 e. The molecule has 0 N–H and O–H groups in total. The number of pyridine rings is 4. The van der Waals surface area contributed by atoms with Gasteiger partial charge in [-0.2, -0.15) is 0 Å². The number of fused-ring (bicyclic) bond motifs is 7. The van der Waals surface area contributed by atoms with E-state index in [9.17, 15) is 0 Å². The van der Waals surface area contributed by atoms with Gasteiger partial charge in [-0.05, 0) is 180 Å². The van der Waals surface area contributed by atoms with Crippen LogP contribution in [-0.4, -0.2) is 19.9 Å². The third-order valence-electron chi connectivity index (χ3n) is 22.3. The average Bonchev–Trinajstić information content (AvgIpc) is 0.731. The summed E-state index contributed by atoms with van der Waals surface area (Å²) in [6.45, 7) is 10.7. The number of anilines is 6. The fourth-order valence-electron chi connectivity index (χ4n) is 16.1. The Morgan fingerprint density at radius 1 is 0.238 bits per heavy atom. The molecule has 0 spiro atoms. The molecule has 0 bridgehead atoms. The van der Waals surface area contributed by atoms with Crippen LogP contribution >= 0.6 is 0 Å². The molecule has 21 rings (SSSR count). The predicted molar refractivity (Wildman–Crippen MR) is 511 cm³/mol. The number of aryl methyl sites for hydroxylation is 5. The quantitative estimate of drug-likeness (QED) is 0.0496. The van der Waals surface area contributed by atoms with Gasteiger partial charge in [0.15, 0.2) is 0 Å².